The Morgan fingerprint density at radius 2 is 0.845 bits per heavy atom. The van der Waals surface area contributed by atoms with E-state index in [1.54, 1.807) is 0 Å². The van der Waals surface area contributed by atoms with Crippen molar-refractivity contribution in [3.05, 3.63) is 0 Å². The van der Waals surface area contributed by atoms with Gasteiger partial charge in [0, 0.05) is 33.1 Å². The lowest BCUT2D eigenvalue weighted by molar-refractivity contribution is -0.365. The van der Waals surface area contributed by atoms with Crippen molar-refractivity contribution in [1.82, 2.24) is 21.3 Å². The Morgan fingerprint density at radius 1 is 0.442 bits per heavy atom. The summed E-state index contributed by atoms with van der Waals surface area (Å²) >= 11 is 0. The van der Waals surface area contributed by atoms with E-state index in [1.807, 2.05) is 0 Å². The monoisotopic (exact) mass is 1870 g/mol. The average Bonchev–Trinajstić information content (AvgIpc) is 0.746. The summed E-state index contributed by atoms with van der Waals surface area (Å²) in [6.07, 6.45) is -26.6. The molecule has 43 nitrogen and oxygen atoms in total. The third kappa shape index (κ3) is 35.0. The molecule has 4 amide bonds. The summed E-state index contributed by atoms with van der Waals surface area (Å²) in [4.78, 5) is 95.5. The Labute approximate surface area is 753 Å². The number of aliphatic hydroxyl groups is 19. The molecule has 0 aromatic rings. The molecule has 5 heterocycles. The molecule has 1 unspecified atom stereocenters. The highest BCUT2D eigenvalue weighted by atomic mass is 16.8. The van der Waals surface area contributed by atoms with E-state index in [9.17, 15) is 146 Å². The molecule has 0 aromatic carbocycles. The largest absolute Gasteiger partial charge is 0.477 e. The van der Waals surface area contributed by atoms with Crippen molar-refractivity contribution < 1.29 is 193 Å². The van der Waals surface area contributed by atoms with Crippen LogP contribution < -0.4 is 21.3 Å². The van der Waals surface area contributed by atoms with Crippen LogP contribution in [-0.4, -0.2) is 388 Å². The normalized spacial score (nSPS) is 32.3. The number of carboxylic acid groups (broad SMARTS) is 3. The fraction of sp³-hybridized carbons (Fsp3) is 0.919. The van der Waals surface area contributed by atoms with Crippen molar-refractivity contribution in [2.45, 2.75) is 454 Å². The molecule has 752 valence electrons. The lowest BCUT2D eigenvalue weighted by atomic mass is 9.86. The predicted octanol–water partition coefficient (Wildman–Crippen LogP) is -2.52. The molecule has 0 aromatic heterocycles. The molecule has 43 heteroatoms. The van der Waals surface area contributed by atoms with Crippen LogP contribution in [-0.2, 0) is 80.9 Å². The third-order valence-electron chi connectivity index (χ3n) is 25.1. The lowest BCUT2D eigenvalue weighted by Gasteiger charge is -2.52. The molecular weight excluding hydrogens is 1710 g/mol. The first kappa shape index (κ1) is 115. The van der Waals surface area contributed by atoms with Crippen LogP contribution in [0.5, 0.6) is 0 Å². The Morgan fingerprint density at radius 3 is 1.29 bits per heavy atom. The first-order valence-corrected chi connectivity index (χ1v) is 46.3. The number of carbonyl (C=O) groups excluding carboxylic acids is 4. The molecule has 0 saturated carbocycles. The number of amides is 4. The van der Waals surface area contributed by atoms with Gasteiger partial charge in [-0.2, -0.15) is 0 Å². The maximum Gasteiger partial charge on any atom is 0.364 e. The smallest absolute Gasteiger partial charge is 0.364 e. The van der Waals surface area contributed by atoms with Gasteiger partial charge in [-0.3, -0.25) is 19.2 Å². The van der Waals surface area contributed by atoms with Gasteiger partial charge in [-0.15, -0.1) is 0 Å². The zero-order valence-electron chi connectivity index (χ0n) is 75.4. The van der Waals surface area contributed by atoms with E-state index in [4.69, 9.17) is 47.4 Å². The fourth-order valence-corrected chi connectivity index (χ4v) is 16.9. The maximum absolute atomic E-state index is 14.3. The van der Waals surface area contributed by atoms with Crippen LogP contribution in [0.4, 0.5) is 0 Å². The van der Waals surface area contributed by atoms with Gasteiger partial charge < -0.3 is 181 Å². The first-order valence-electron chi connectivity index (χ1n) is 46.3. The number of hydrogen-bond donors (Lipinski definition) is 26. The molecule has 26 N–H and O–H groups in total. The van der Waals surface area contributed by atoms with Crippen LogP contribution in [0.2, 0.25) is 0 Å². The van der Waals surface area contributed by atoms with Crippen molar-refractivity contribution in [3.63, 3.8) is 0 Å². The minimum Gasteiger partial charge on any atom is -0.477 e. The molecule has 5 aliphatic rings. The van der Waals surface area contributed by atoms with Gasteiger partial charge in [0.25, 0.3) is 17.4 Å². The van der Waals surface area contributed by atoms with E-state index in [1.165, 1.54) is 90.4 Å². The van der Waals surface area contributed by atoms with E-state index in [0.717, 1.165) is 90.9 Å². The van der Waals surface area contributed by atoms with Crippen LogP contribution in [0.25, 0.3) is 0 Å². The summed E-state index contributed by atoms with van der Waals surface area (Å²) in [7, 11) is 0. The second-order valence-corrected chi connectivity index (χ2v) is 35.6. The Balaban J connectivity index is 1.38. The van der Waals surface area contributed by atoms with E-state index in [-0.39, 0.29) is 12.8 Å². The van der Waals surface area contributed by atoms with E-state index in [0.29, 0.717) is 31.6 Å². The minimum atomic E-state index is -3.60. The highest BCUT2D eigenvalue weighted by molar-refractivity contribution is 5.82. The van der Waals surface area contributed by atoms with Gasteiger partial charge in [0.15, 0.2) is 12.6 Å². The molecule has 0 radical (unpaired) electrons. The summed E-state index contributed by atoms with van der Waals surface area (Å²) in [6.45, 7) is 1.85. The third-order valence-corrected chi connectivity index (χ3v) is 25.1. The average molecular weight is 1870 g/mol. The molecule has 5 aliphatic heterocycles. The van der Waals surface area contributed by atoms with Gasteiger partial charge in [-0.1, -0.05) is 207 Å². The summed E-state index contributed by atoms with van der Waals surface area (Å²) in [5, 5.41) is 253. The highest BCUT2D eigenvalue weighted by Gasteiger charge is 2.64. The van der Waals surface area contributed by atoms with Crippen LogP contribution in [0.1, 0.15) is 260 Å². The number of nitrogens with one attached hydrogen (secondary N) is 4. The van der Waals surface area contributed by atoms with Crippen LogP contribution in [0, 0.1) is 5.92 Å². The van der Waals surface area contributed by atoms with E-state index in [2.05, 4.69) is 42.0 Å². The number of ether oxygens (including phenoxy) is 10. The van der Waals surface area contributed by atoms with Crippen LogP contribution in [0.15, 0.2) is 0 Å². The number of hydrogen-bond acceptors (Lipinski definition) is 36. The van der Waals surface area contributed by atoms with E-state index >= 15 is 0 Å². The summed E-state index contributed by atoms with van der Waals surface area (Å²) in [5.41, 5.74) is 0. The number of rotatable bonds is 64. The SMILES string of the molecule is CCCCCCCCCCCCCCCCCCCCCC[C@@H](O)C(=O)N[C@@H](CO[C@@H]1O[C@H](CO[C@]2(C(=O)O)C[C@H](O[C@]3(C(=O)O)C[C@H](O)[C@@H](NC(=O)CO[C@]4(C(=O)O)C[C@H](O[C@@H]5O[C@@H](C)[C@@H](O)[C@@H](O)[C@@H]5O)[C@@H](NC(C)=O)[C@H]([C@H](O)[C@H](O)CO)O4)[C@H]([C@H](O)[C@H](O)CO)O3)[C@@H](NC(C)=O)[C@H]([C@H](O)[C@H](O)CO)O2)[C@@H](O)[C@H](O)[C@H]1O)[C@H](O)[C@H](O)CCCCCCCCCC(C)CC. The second-order valence-electron chi connectivity index (χ2n) is 35.6. The van der Waals surface area contributed by atoms with Gasteiger partial charge in [0.2, 0.25) is 23.6 Å². The summed E-state index contributed by atoms with van der Waals surface area (Å²) in [5.74, 6) is -21.0. The maximum atomic E-state index is 14.3. The van der Waals surface area contributed by atoms with Crippen molar-refractivity contribution in [1.29, 1.82) is 0 Å². The van der Waals surface area contributed by atoms with Crippen molar-refractivity contribution in [2.24, 2.45) is 5.92 Å². The van der Waals surface area contributed by atoms with Crippen molar-refractivity contribution in [3.8, 4) is 0 Å². The van der Waals surface area contributed by atoms with Crippen molar-refractivity contribution in [2.75, 3.05) is 39.6 Å². The zero-order chi connectivity index (χ0) is 96.0. The molecular formula is C86H154N4O39. The molecule has 5 saturated heterocycles. The minimum absolute atomic E-state index is 0.0188. The molecule has 0 spiro atoms. The van der Waals surface area contributed by atoms with Gasteiger partial charge in [0.1, 0.15) is 116 Å². The quantitative estimate of drug-likeness (QED) is 0.0280. The van der Waals surface area contributed by atoms with Crippen LogP contribution in [0.3, 0.4) is 0 Å². The zero-order valence-corrected chi connectivity index (χ0v) is 75.4. The number of aliphatic hydroxyl groups excluding tert-OH is 19. The standard InChI is InChI=1S/C86H154N4O39/c1-7-9-10-11-12-13-14-15-16-17-18-19-20-21-22-23-24-27-31-34-37-53(97)78(113)89-51(66(104)52(96)36-33-30-28-25-26-29-32-35-47(3)8-2)44-120-79-73(111)72(110)70(108)60(125-79)45-121-85(82(116)117)40-59(64(88-50(6)95)77(128-85)69(107)57(101)43-93)126-86(83(118)119)38-54(98)62(75(129-86)67(105)55(99)41-91)90-61(102)46-122-84(81(114)115)39-58(124-80-74(112)71(109)65(103)48(4)123-80)63(87-49(5)94)76(127-84)68(106)56(100)42-92/h47-48,51-60,62-77,79-80,91-93,96-101,103-112H,7-46H2,1-6H3,(H,87,94)(H,88,95)(H,89,113)(H,90,102)(H,114,115)(H,116,117)(H,118,119)/t47?,48-,51-,52+,53+,54-,55+,56+,57+,58-,59-,60+,62+,63+,64+,65+,66-,67+,68+,69+,70+,71+,72-,73+,74-,75+,76+,77+,79+,80-,84+,85+,86+/m0/s1. The summed E-state index contributed by atoms with van der Waals surface area (Å²) < 4.78 is 58.4. The molecule has 0 bridgehead atoms. The number of unbranched alkanes of at least 4 members (excludes halogenated alkanes) is 25. The Hall–Kier alpha value is -4.87. The topological polar surface area (TPSA) is 705 Å². The highest BCUT2D eigenvalue weighted by Crippen LogP contribution is 2.43. The molecule has 0 aliphatic carbocycles. The van der Waals surface area contributed by atoms with Crippen molar-refractivity contribution >= 4 is 41.5 Å². The summed E-state index contributed by atoms with van der Waals surface area (Å²) in [6, 6.07) is -7.84. The fourth-order valence-electron chi connectivity index (χ4n) is 16.9. The number of carboxylic acids is 3. The lowest BCUT2D eigenvalue weighted by Crippen LogP contribution is -2.72. The van der Waals surface area contributed by atoms with Crippen LogP contribution >= 0.6 is 0 Å². The first-order chi connectivity index (χ1) is 61.1. The molecule has 5 fully saturated rings. The van der Waals surface area contributed by atoms with Gasteiger partial charge in [-0.05, 0) is 25.7 Å². The second kappa shape index (κ2) is 57.9. The molecule has 129 heavy (non-hydrogen) atoms. The predicted molar refractivity (Wildman–Crippen MR) is 450 cm³/mol. The van der Waals surface area contributed by atoms with E-state index < -0.39 is 295 Å². The number of carbonyl (C=O) groups is 7. The number of aliphatic carboxylic acids is 3. The van der Waals surface area contributed by atoms with Gasteiger partial charge >= 0.3 is 17.9 Å². The molecule has 33 atom stereocenters. The van der Waals surface area contributed by atoms with Gasteiger partial charge in [0.05, 0.1) is 87.7 Å². The Kier molecular flexibility index (Phi) is 51.4. The Bertz CT molecular complexity index is 3240. The van der Waals surface area contributed by atoms with Gasteiger partial charge in [-0.25, -0.2) is 14.4 Å². The molecule has 5 rings (SSSR count).